The second-order valence-electron chi connectivity index (χ2n) is 8.08. The van der Waals surface area contributed by atoms with Gasteiger partial charge < -0.3 is 14.8 Å². The third kappa shape index (κ3) is 6.69. The molecule has 0 bridgehead atoms. The van der Waals surface area contributed by atoms with Crippen LogP contribution in [0.15, 0.2) is 46.9 Å². The van der Waals surface area contributed by atoms with E-state index >= 15 is 0 Å². The fourth-order valence-corrected chi connectivity index (χ4v) is 5.67. The molecular formula is C26H25N3O6S2. The number of fused-ring (bicyclic) bond motifs is 1. The molecule has 9 nitrogen and oxygen atoms in total. The van der Waals surface area contributed by atoms with Gasteiger partial charge >= 0.3 is 23.8 Å². The SMILES string of the molecule is CCOC(=O)c1c(NC(=O)C(=O)N/N=C/c2ccc(OC(=O)c3cccs3)cc2)sc2c1CCCCC2. The van der Waals surface area contributed by atoms with Gasteiger partial charge in [0.25, 0.3) is 0 Å². The maximum Gasteiger partial charge on any atom is 0.353 e. The molecule has 0 radical (unpaired) electrons. The van der Waals surface area contributed by atoms with Gasteiger partial charge in [0.05, 0.1) is 18.4 Å². The second-order valence-corrected chi connectivity index (χ2v) is 10.1. The van der Waals surface area contributed by atoms with Gasteiger partial charge in [-0.3, -0.25) is 9.59 Å². The summed E-state index contributed by atoms with van der Waals surface area (Å²) in [7, 11) is 0. The third-order valence-corrected chi connectivity index (χ3v) is 7.58. The van der Waals surface area contributed by atoms with Gasteiger partial charge in [-0.25, -0.2) is 15.0 Å². The monoisotopic (exact) mass is 539 g/mol. The van der Waals surface area contributed by atoms with E-state index in [-0.39, 0.29) is 6.61 Å². The number of rotatable bonds is 7. The molecule has 1 aliphatic rings. The van der Waals surface area contributed by atoms with Crippen LogP contribution in [0.25, 0.3) is 0 Å². The van der Waals surface area contributed by atoms with E-state index in [4.69, 9.17) is 9.47 Å². The zero-order valence-electron chi connectivity index (χ0n) is 20.1. The minimum Gasteiger partial charge on any atom is -0.462 e. The molecule has 0 fully saturated rings. The van der Waals surface area contributed by atoms with E-state index in [0.29, 0.717) is 26.8 Å². The molecule has 2 heterocycles. The van der Waals surface area contributed by atoms with Crippen LogP contribution >= 0.6 is 22.7 Å². The number of anilines is 1. The van der Waals surface area contributed by atoms with Crippen molar-refractivity contribution in [3.63, 3.8) is 0 Å². The Hall–Kier alpha value is -3.83. The topological polar surface area (TPSA) is 123 Å². The van der Waals surface area contributed by atoms with Gasteiger partial charge in [-0.15, -0.1) is 22.7 Å². The van der Waals surface area contributed by atoms with Gasteiger partial charge in [0, 0.05) is 4.88 Å². The summed E-state index contributed by atoms with van der Waals surface area (Å²) in [5, 5.41) is 8.49. The van der Waals surface area contributed by atoms with Crippen LogP contribution in [0.2, 0.25) is 0 Å². The molecule has 192 valence electrons. The summed E-state index contributed by atoms with van der Waals surface area (Å²) in [5.41, 5.74) is 4.04. The van der Waals surface area contributed by atoms with Crippen molar-refractivity contribution >= 4 is 57.6 Å². The first-order valence-electron chi connectivity index (χ1n) is 11.8. The lowest BCUT2D eigenvalue weighted by Gasteiger charge is -2.08. The molecule has 0 unspecified atom stereocenters. The number of ether oxygens (including phenoxy) is 2. The lowest BCUT2D eigenvalue weighted by atomic mass is 10.1. The van der Waals surface area contributed by atoms with Crippen molar-refractivity contribution in [1.82, 2.24) is 5.43 Å². The quantitative estimate of drug-likeness (QED) is 0.113. The Kier molecular flexibility index (Phi) is 8.81. The highest BCUT2D eigenvalue weighted by molar-refractivity contribution is 7.17. The minimum absolute atomic E-state index is 0.212. The molecule has 0 aliphatic heterocycles. The van der Waals surface area contributed by atoms with E-state index in [2.05, 4.69) is 15.8 Å². The number of hydrogen-bond acceptors (Lipinski definition) is 9. The molecule has 0 saturated carbocycles. The van der Waals surface area contributed by atoms with E-state index in [9.17, 15) is 19.2 Å². The molecule has 37 heavy (non-hydrogen) atoms. The minimum atomic E-state index is -0.976. The predicted octanol–water partition coefficient (Wildman–Crippen LogP) is 4.56. The van der Waals surface area contributed by atoms with E-state index in [1.54, 1.807) is 48.7 Å². The lowest BCUT2D eigenvalue weighted by molar-refractivity contribution is -0.136. The van der Waals surface area contributed by atoms with Crippen LogP contribution in [0.5, 0.6) is 5.75 Å². The Bertz CT molecular complexity index is 1310. The Labute approximate surface area is 221 Å². The summed E-state index contributed by atoms with van der Waals surface area (Å²) in [6.07, 6.45) is 5.96. The summed E-state index contributed by atoms with van der Waals surface area (Å²) in [5.74, 6) is -2.49. The molecule has 0 atom stereocenters. The largest absolute Gasteiger partial charge is 0.462 e. The van der Waals surface area contributed by atoms with Crippen LogP contribution < -0.4 is 15.5 Å². The van der Waals surface area contributed by atoms with Crippen molar-refractivity contribution in [2.24, 2.45) is 5.10 Å². The Morgan fingerprint density at radius 3 is 2.51 bits per heavy atom. The number of thiophene rings is 2. The fourth-order valence-electron chi connectivity index (χ4n) is 3.80. The van der Waals surface area contributed by atoms with E-state index < -0.39 is 23.8 Å². The van der Waals surface area contributed by atoms with Gasteiger partial charge in [-0.2, -0.15) is 5.10 Å². The van der Waals surface area contributed by atoms with Crippen molar-refractivity contribution in [2.45, 2.75) is 39.0 Å². The van der Waals surface area contributed by atoms with Gasteiger partial charge in [0.2, 0.25) is 0 Å². The van der Waals surface area contributed by atoms with Crippen molar-refractivity contribution < 1.29 is 28.7 Å². The molecule has 2 amide bonds. The summed E-state index contributed by atoms with van der Waals surface area (Å²) < 4.78 is 10.5. The van der Waals surface area contributed by atoms with Gasteiger partial charge in [0.15, 0.2) is 0 Å². The van der Waals surface area contributed by atoms with Crippen LogP contribution in [-0.2, 0) is 27.2 Å². The number of aryl methyl sites for hydroxylation is 1. The number of hydrogen-bond donors (Lipinski definition) is 2. The highest BCUT2D eigenvalue weighted by atomic mass is 32.1. The number of nitrogens with one attached hydrogen (secondary N) is 2. The van der Waals surface area contributed by atoms with E-state index in [1.165, 1.54) is 28.9 Å². The first kappa shape index (κ1) is 26.2. The predicted molar refractivity (Wildman–Crippen MR) is 142 cm³/mol. The van der Waals surface area contributed by atoms with Crippen LogP contribution in [-0.4, -0.2) is 36.6 Å². The number of nitrogens with zero attached hydrogens (tertiary/aromatic N) is 1. The maximum absolute atomic E-state index is 12.6. The number of esters is 2. The van der Waals surface area contributed by atoms with Crippen LogP contribution in [0.1, 0.15) is 62.2 Å². The zero-order valence-corrected chi connectivity index (χ0v) is 21.7. The number of carbonyl (C=O) groups is 4. The molecule has 1 aliphatic carbocycles. The smallest absolute Gasteiger partial charge is 0.353 e. The molecule has 3 aromatic rings. The number of hydrazone groups is 1. The normalized spacial score (nSPS) is 12.9. The Morgan fingerprint density at radius 2 is 1.78 bits per heavy atom. The van der Waals surface area contributed by atoms with Crippen molar-refractivity contribution in [3.8, 4) is 5.75 Å². The van der Waals surface area contributed by atoms with Crippen molar-refractivity contribution in [1.29, 1.82) is 0 Å². The first-order chi connectivity index (χ1) is 18.0. The Balaban J connectivity index is 1.35. The van der Waals surface area contributed by atoms with E-state index in [0.717, 1.165) is 42.5 Å². The van der Waals surface area contributed by atoms with Crippen LogP contribution in [0.4, 0.5) is 5.00 Å². The maximum atomic E-state index is 12.6. The molecule has 4 rings (SSSR count). The van der Waals surface area contributed by atoms with Crippen LogP contribution in [0.3, 0.4) is 0 Å². The highest BCUT2D eigenvalue weighted by Gasteiger charge is 2.27. The molecular weight excluding hydrogens is 514 g/mol. The standard InChI is InChI=1S/C26H25N3O6S2/c1-2-34-26(33)21-18-7-4-3-5-8-19(18)37-24(21)28-22(30)23(31)29-27-15-16-10-12-17(13-11-16)35-25(32)20-9-6-14-36-20/h6,9-15H,2-5,7-8H2,1H3,(H,28,30)(H,29,31)/b27-15+. The summed E-state index contributed by atoms with van der Waals surface area (Å²) in [6.45, 7) is 1.93. The van der Waals surface area contributed by atoms with Gasteiger partial charge in [-0.05, 0) is 79.4 Å². The van der Waals surface area contributed by atoms with Crippen LogP contribution in [0, 0.1) is 0 Å². The summed E-state index contributed by atoms with van der Waals surface area (Å²) in [6, 6.07) is 9.94. The van der Waals surface area contributed by atoms with Gasteiger partial charge in [0.1, 0.15) is 15.6 Å². The number of carbonyl (C=O) groups excluding carboxylic acids is 4. The molecule has 2 aromatic heterocycles. The molecule has 1 aromatic carbocycles. The molecule has 2 N–H and O–H groups in total. The Morgan fingerprint density at radius 1 is 1.00 bits per heavy atom. The average molecular weight is 540 g/mol. The van der Waals surface area contributed by atoms with Crippen molar-refractivity contribution in [3.05, 3.63) is 68.2 Å². The number of benzene rings is 1. The van der Waals surface area contributed by atoms with Crippen molar-refractivity contribution in [2.75, 3.05) is 11.9 Å². The molecule has 0 spiro atoms. The summed E-state index contributed by atoms with van der Waals surface area (Å²) >= 11 is 2.60. The average Bonchev–Trinajstić information content (AvgIpc) is 3.48. The molecule has 0 saturated heterocycles. The third-order valence-electron chi connectivity index (χ3n) is 5.53. The first-order valence-corrected chi connectivity index (χ1v) is 13.5. The van der Waals surface area contributed by atoms with E-state index in [1.807, 2.05) is 0 Å². The lowest BCUT2D eigenvalue weighted by Crippen LogP contribution is -2.32. The fraction of sp³-hybridized carbons (Fsp3) is 0.269. The zero-order chi connectivity index (χ0) is 26.2. The second kappa shape index (κ2) is 12.4. The number of amides is 2. The highest BCUT2D eigenvalue weighted by Crippen LogP contribution is 2.38. The van der Waals surface area contributed by atoms with Gasteiger partial charge in [-0.1, -0.05) is 12.5 Å². The summed E-state index contributed by atoms with van der Waals surface area (Å²) in [4.78, 5) is 51.0. The molecule has 11 heteroatoms.